The van der Waals surface area contributed by atoms with Crippen LogP contribution in [0.3, 0.4) is 0 Å². The highest BCUT2D eigenvalue weighted by molar-refractivity contribution is 5.06. The first-order chi connectivity index (χ1) is 9.45. The molecule has 20 heavy (non-hydrogen) atoms. The van der Waals surface area contributed by atoms with Gasteiger partial charge >= 0.3 is 0 Å². The van der Waals surface area contributed by atoms with Crippen molar-refractivity contribution in [3.05, 3.63) is 18.2 Å². The normalized spacial score (nSPS) is 13.7. The van der Waals surface area contributed by atoms with Gasteiger partial charge in [0.2, 0.25) is 0 Å². The van der Waals surface area contributed by atoms with E-state index in [1.807, 2.05) is 19.6 Å². The highest BCUT2D eigenvalue weighted by Gasteiger charge is 2.21. The molecular formula is C16H32N4. The van der Waals surface area contributed by atoms with Crippen LogP contribution in [-0.2, 0) is 7.05 Å². The Morgan fingerprint density at radius 3 is 2.05 bits per heavy atom. The summed E-state index contributed by atoms with van der Waals surface area (Å²) in [6, 6.07) is 0.278. The first-order valence-corrected chi connectivity index (χ1v) is 7.86. The molecule has 4 nitrogen and oxygen atoms in total. The van der Waals surface area contributed by atoms with Crippen LogP contribution in [0, 0.1) is 11.8 Å². The minimum absolute atomic E-state index is 0.278. The predicted octanol–water partition coefficient (Wildman–Crippen LogP) is 2.81. The van der Waals surface area contributed by atoms with Crippen molar-refractivity contribution in [1.82, 2.24) is 14.5 Å². The third-order valence-electron chi connectivity index (χ3n) is 3.85. The van der Waals surface area contributed by atoms with E-state index in [1.165, 1.54) is 18.5 Å². The van der Waals surface area contributed by atoms with Crippen LogP contribution in [0.1, 0.15) is 52.3 Å². The molecule has 1 aromatic rings. The van der Waals surface area contributed by atoms with Gasteiger partial charge in [0.25, 0.3) is 0 Å². The highest BCUT2D eigenvalue weighted by Crippen LogP contribution is 2.21. The van der Waals surface area contributed by atoms with Gasteiger partial charge in [-0.1, -0.05) is 27.7 Å². The van der Waals surface area contributed by atoms with E-state index in [0.29, 0.717) is 6.54 Å². The lowest BCUT2D eigenvalue weighted by atomic mass is 10.1. The first kappa shape index (κ1) is 17.2. The molecule has 4 heteroatoms. The summed E-state index contributed by atoms with van der Waals surface area (Å²) >= 11 is 0. The summed E-state index contributed by atoms with van der Waals surface area (Å²) in [5.41, 5.74) is 7.29. The zero-order chi connectivity index (χ0) is 15.1. The summed E-state index contributed by atoms with van der Waals surface area (Å²) < 4.78 is 2.09. The molecule has 0 aliphatic rings. The van der Waals surface area contributed by atoms with Crippen LogP contribution in [0.2, 0.25) is 0 Å². The summed E-state index contributed by atoms with van der Waals surface area (Å²) in [6.07, 6.45) is 6.25. The molecule has 0 bridgehead atoms. The predicted molar refractivity (Wildman–Crippen MR) is 85.5 cm³/mol. The van der Waals surface area contributed by atoms with E-state index in [2.05, 4.69) is 42.1 Å². The Balaban J connectivity index is 2.79. The second-order valence-corrected chi connectivity index (χ2v) is 6.58. The van der Waals surface area contributed by atoms with Gasteiger partial charge in [-0.05, 0) is 37.8 Å². The van der Waals surface area contributed by atoms with Gasteiger partial charge < -0.3 is 10.3 Å². The molecular weight excluding hydrogens is 248 g/mol. The fourth-order valence-corrected chi connectivity index (χ4v) is 2.42. The van der Waals surface area contributed by atoms with E-state index < -0.39 is 0 Å². The second kappa shape index (κ2) is 8.42. The topological polar surface area (TPSA) is 47.1 Å². The number of hydrogen-bond donors (Lipinski definition) is 1. The van der Waals surface area contributed by atoms with Crippen molar-refractivity contribution in [3.63, 3.8) is 0 Å². The van der Waals surface area contributed by atoms with E-state index in [4.69, 9.17) is 5.73 Å². The number of nitrogens with two attached hydrogens (primary N) is 1. The molecule has 0 spiro atoms. The molecule has 0 aliphatic heterocycles. The van der Waals surface area contributed by atoms with E-state index in [9.17, 15) is 0 Å². The Bertz CT molecular complexity index is 358. The average molecular weight is 280 g/mol. The van der Waals surface area contributed by atoms with Crippen molar-refractivity contribution in [2.45, 2.75) is 46.6 Å². The first-order valence-electron chi connectivity index (χ1n) is 7.86. The minimum atomic E-state index is 0.278. The van der Waals surface area contributed by atoms with Crippen LogP contribution in [-0.4, -0.2) is 34.1 Å². The molecule has 0 saturated heterocycles. The molecule has 0 aromatic carbocycles. The fourth-order valence-electron chi connectivity index (χ4n) is 2.42. The zero-order valence-corrected chi connectivity index (χ0v) is 13.8. The minimum Gasteiger partial charge on any atom is -0.336 e. The van der Waals surface area contributed by atoms with Gasteiger partial charge in [-0.2, -0.15) is 0 Å². The van der Waals surface area contributed by atoms with Gasteiger partial charge in [0, 0.05) is 19.8 Å². The van der Waals surface area contributed by atoms with E-state index >= 15 is 0 Å². The average Bonchev–Trinajstić information content (AvgIpc) is 2.78. The van der Waals surface area contributed by atoms with E-state index in [0.717, 1.165) is 24.9 Å². The maximum Gasteiger partial charge on any atom is 0.0946 e. The summed E-state index contributed by atoms with van der Waals surface area (Å²) in [6.45, 7) is 12.0. The van der Waals surface area contributed by atoms with Crippen LogP contribution >= 0.6 is 0 Å². The summed E-state index contributed by atoms with van der Waals surface area (Å²) in [5.74, 6) is 1.45. The van der Waals surface area contributed by atoms with Crippen molar-refractivity contribution in [1.29, 1.82) is 0 Å². The third-order valence-corrected chi connectivity index (χ3v) is 3.85. The van der Waals surface area contributed by atoms with Crippen molar-refractivity contribution in [2.75, 3.05) is 19.6 Å². The van der Waals surface area contributed by atoms with Gasteiger partial charge in [-0.3, -0.25) is 4.90 Å². The lowest BCUT2D eigenvalue weighted by molar-refractivity contribution is 0.175. The standard InChI is InChI=1S/C16H32N4/c1-13(2)6-8-20(9-7-14(3)4)15(10-17)16-11-18-12-19(16)5/h11-15H,6-10,17H2,1-5H3. The smallest absolute Gasteiger partial charge is 0.0946 e. The molecule has 1 aromatic heterocycles. The largest absolute Gasteiger partial charge is 0.336 e. The number of nitrogens with zero attached hydrogens (tertiary/aromatic N) is 3. The fraction of sp³-hybridized carbons (Fsp3) is 0.812. The molecule has 0 amide bonds. The van der Waals surface area contributed by atoms with Crippen molar-refractivity contribution in [3.8, 4) is 0 Å². The molecule has 1 atom stereocenters. The van der Waals surface area contributed by atoms with Crippen LogP contribution in [0.5, 0.6) is 0 Å². The number of hydrogen-bond acceptors (Lipinski definition) is 3. The molecule has 116 valence electrons. The van der Waals surface area contributed by atoms with Crippen LogP contribution < -0.4 is 5.73 Å². The molecule has 2 N–H and O–H groups in total. The monoisotopic (exact) mass is 280 g/mol. The van der Waals surface area contributed by atoms with E-state index in [1.54, 1.807) is 0 Å². The van der Waals surface area contributed by atoms with Crippen molar-refractivity contribution >= 4 is 0 Å². The number of rotatable bonds is 9. The molecule has 1 heterocycles. The molecule has 0 saturated carbocycles. The van der Waals surface area contributed by atoms with Gasteiger partial charge in [0.1, 0.15) is 0 Å². The third kappa shape index (κ3) is 5.25. The summed E-state index contributed by atoms with van der Waals surface area (Å²) in [5, 5.41) is 0. The number of aromatic nitrogens is 2. The van der Waals surface area contributed by atoms with Gasteiger partial charge in [-0.15, -0.1) is 0 Å². The second-order valence-electron chi connectivity index (χ2n) is 6.58. The molecule has 0 fully saturated rings. The number of imidazole rings is 1. The van der Waals surface area contributed by atoms with Crippen molar-refractivity contribution < 1.29 is 0 Å². The van der Waals surface area contributed by atoms with Crippen LogP contribution in [0.4, 0.5) is 0 Å². The maximum atomic E-state index is 6.06. The Morgan fingerprint density at radius 1 is 1.15 bits per heavy atom. The van der Waals surface area contributed by atoms with Gasteiger partial charge in [-0.25, -0.2) is 4.98 Å². The Morgan fingerprint density at radius 2 is 1.70 bits per heavy atom. The Kier molecular flexibility index (Phi) is 7.24. The number of aryl methyl sites for hydroxylation is 1. The zero-order valence-electron chi connectivity index (χ0n) is 13.8. The Hall–Kier alpha value is -0.870. The maximum absolute atomic E-state index is 6.06. The van der Waals surface area contributed by atoms with Crippen LogP contribution in [0.15, 0.2) is 12.5 Å². The quantitative estimate of drug-likeness (QED) is 0.756. The molecule has 1 unspecified atom stereocenters. The molecule has 1 rings (SSSR count). The van der Waals surface area contributed by atoms with Crippen molar-refractivity contribution in [2.24, 2.45) is 24.6 Å². The molecule has 0 aliphatic carbocycles. The lowest BCUT2D eigenvalue weighted by Gasteiger charge is -2.32. The van der Waals surface area contributed by atoms with E-state index in [-0.39, 0.29) is 6.04 Å². The Labute approximate surface area is 124 Å². The van der Waals surface area contributed by atoms with Gasteiger partial charge in [0.05, 0.1) is 18.1 Å². The molecule has 0 radical (unpaired) electrons. The highest BCUT2D eigenvalue weighted by atomic mass is 15.2. The lowest BCUT2D eigenvalue weighted by Crippen LogP contribution is -2.37. The SMILES string of the molecule is CC(C)CCN(CCC(C)C)C(CN)c1cncn1C. The summed E-state index contributed by atoms with van der Waals surface area (Å²) in [7, 11) is 2.05. The van der Waals surface area contributed by atoms with Gasteiger partial charge in [0.15, 0.2) is 0 Å². The summed E-state index contributed by atoms with van der Waals surface area (Å²) in [4.78, 5) is 6.78. The van der Waals surface area contributed by atoms with Crippen LogP contribution in [0.25, 0.3) is 0 Å².